The van der Waals surface area contributed by atoms with Crippen molar-refractivity contribution in [2.24, 2.45) is 0 Å². The Labute approximate surface area is 178 Å². The fourth-order valence-corrected chi connectivity index (χ4v) is 4.20. The molecule has 0 aliphatic carbocycles. The lowest BCUT2D eigenvalue weighted by atomic mass is 10.0. The maximum Gasteiger partial charge on any atom is 0.356 e. The molecule has 31 heavy (non-hydrogen) atoms. The van der Waals surface area contributed by atoms with Crippen LogP contribution in [-0.4, -0.2) is 55.8 Å². The van der Waals surface area contributed by atoms with Gasteiger partial charge in [0.2, 0.25) is 5.75 Å². The predicted octanol–water partition coefficient (Wildman–Crippen LogP) is 3.12. The number of nitro groups is 1. The number of nitrogens with zero attached hydrogens (tertiary/aromatic N) is 2. The maximum absolute atomic E-state index is 12.5. The number of hydrogen-bond donors (Lipinski definition) is 0. The number of rotatable bonds is 6. The summed E-state index contributed by atoms with van der Waals surface area (Å²) < 4.78 is 20.0. The minimum absolute atomic E-state index is 0.0557. The van der Waals surface area contributed by atoms with E-state index in [0.29, 0.717) is 0 Å². The van der Waals surface area contributed by atoms with Gasteiger partial charge in [-0.1, -0.05) is 0 Å². The average molecular weight is 448 g/mol. The number of aromatic nitrogens is 1. The van der Waals surface area contributed by atoms with Crippen LogP contribution in [0.15, 0.2) is 12.1 Å². The molecule has 3 rings (SSSR count). The number of pyridine rings is 1. The van der Waals surface area contributed by atoms with E-state index in [1.54, 1.807) is 6.92 Å². The van der Waals surface area contributed by atoms with Crippen molar-refractivity contribution in [2.75, 3.05) is 27.9 Å². The number of ether oxygens (including phenoxy) is 4. The normalized spacial score (nSPS) is 10.7. The van der Waals surface area contributed by atoms with E-state index in [0.717, 1.165) is 31.6 Å². The second-order valence-electron chi connectivity index (χ2n) is 5.97. The van der Waals surface area contributed by atoms with E-state index in [1.807, 2.05) is 0 Å². The van der Waals surface area contributed by atoms with Crippen LogP contribution in [0.1, 0.15) is 37.4 Å². The van der Waals surface area contributed by atoms with Gasteiger partial charge in [0, 0.05) is 5.39 Å². The standard InChI is InChI=1S/C19H16N2O9S/c1-5-30-19(24)11-7-9-14(21(25)26)15(27-2)13-12(16(9)31-11)8(17(22)28-3)6-10(20-13)18(23)29-4/h6-7H,5H2,1-4H3. The Hall–Kier alpha value is -3.80. The molecule has 0 aliphatic rings. The molecule has 0 unspecified atom stereocenters. The monoisotopic (exact) mass is 448 g/mol. The summed E-state index contributed by atoms with van der Waals surface area (Å²) in [5.74, 6) is -2.64. The highest BCUT2D eigenvalue weighted by atomic mass is 32.1. The van der Waals surface area contributed by atoms with Gasteiger partial charge >= 0.3 is 23.6 Å². The number of hydrogen-bond acceptors (Lipinski definition) is 11. The third-order valence-corrected chi connectivity index (χ3v) is 5.46. The van der Waals surface area contributed by atoms with Gasteiger partial charge in [0.1, 0.15) is 16.1 Å². The molecule has 0 radical (unpaired) electrons. The van der Waals surface area contributed by atoms with E-state index >= 15 is 0 Å². The molecule has 11 nitrogen and oxygen atoms in total. The molecule has 0 saturated carbocycles. The number of nitro benzene ring substituents is 1. The van der Waals surface area contributed by atoms with Crippen molar-refractivity contribution >= 4 is 55.9 Å². The Morgan fingerprint density at radius 2 is 1.77 bits per heavy atom. The summed E-state index contributed by atoms with van der Waals surface area (Å²) in [4.78, 5) is 52.3. The highest BCUT2D eigenvalue weighted by molar-refractivity contribution is 7.21. The van der Waals surface area contributed by atoms with Crippen molar-refractivity contribution in [3.63, 3.8) is 0 Å². The first kappa shape index (κ1) is 21.9. The molecule has 0 atom stereocenters. The maximum atomic E-state index is 12.5. The van der Waals surface area contributed by atoms with Crippen LogP contribution in [0.2, 0.25) is 0 Å². The molecule has 0 amide bonds. The highest BCUT2D eigenvalue weighted by Gasteiger charge is 2.32. The molecule has 0 saturated heterocycles. The quantitative estimate of drug-likeness (QED) is 0.239. The van der Waals surface area contributed by atoms with E-state index in [-0.39, 0.29) is 49.5 Å². The Balaban J connectivity index is 2.59. The first-order chi connectivity index (χ1) is 14.8. The largest absolute Gasteiger partial charge is 0.489 e. The summed E-state index contributed by atoms with van der Waals surface area (Å²) in [6, 6.07) is 2.46. The van der Waals surface area contributed by atoms with E-state index in [9.17, 15) is 24.5 Å². The molecule has 162 valence electrons. The fourth-order valence-electron chi connectivity index (χ4n) is 3.08. The zero-order valence-electron chi connectivity index (χ0n) is 16.8. The Kier molecular flexibility index (Phi) is 6.02. The molecule has 0 fully saturated rings. The van der Waals surface area contributed by atoms with Gasteiger partial charge in [-0.15, -0.1) is 11.3 Å². The van der Waals surface area contributed by atoms with Gasteiger partial charge in [-0.3, -0.25) is 10.1 Å². The lowest BCUT2D eigenvalue weighted by Gasteiger charge is -2.12. The average Bonchev–Trinajstić information content (AvgIpc) is 3.20. The van der Waals surface area contributed by atoms with E-state index in [4.69, 9.17) is 14.2 Å². The summed E-state index contributed by atoms with van der Waals surface area (Å²) in [5.41, 5.74) is -0.961. The van der Waals surface area contributed by atoms with Crippen LogP contribution >= 0.6 is 11.3 Å². The zero-order valence-corrected chi connectivity index (χ0v) is 17.7. The molecule has 3 aromatic rings. The van der Waals surface area contributed by atoms with Gasteiger partial charge in [-0.05, 0) is 19.1 Å². The fraction of sp³-hybridized carbons (Fsp3) is 0.263. The van der Waals surface area contributed by atoms with Crippen molar-refractivity contribution < 1.29 is 38.3 Å². The smallest absolute Gasteiger partial charge is 0.356 e. The molecule has 2 heterocycles. The lowest BCUT2D eigenvalue weighted by molar-refractivity contribution is -0.383. The van der Waals surface area contributed by atoms with Crippen LogP contribution in [0.3, 0.4) is 0 Å². The summed E-state index contributed by atoms with van der Waals surface area (Å²) in [6.45, 7) is 1.73. The molecule has 2 aromatic heterocycles. The molecule has 0 spiro atoms. The number of carbonyl (C=O) groups is 3. The topological polar surface area (TPSA) is 144 Å². The van der Waals surface area contributed by atoms with Crippen molar-refractivity contribution in [1.82, 2.24) is 4.98 Å². The summed E-state index contributed by atoms with van der Waals surface area (Å²) in [6.07, 6.45) is 0. The molecular formula is C19H16N2O9S. The number of carbonyl (C=O) groups excluding carboxylic acids is 3. The lowest BCUT2D eigenvalue weighted by Crippen LogP contribution is -2.10. The molecule has 0 bridgehead atoms. The molecule has 12 heteroatoms. The first-order valence-corrected chi connectivity index (χ1v) is 9.56. The summed E-state index contributed by atoms with van der Waals surface area (Å²) in [7, 11) is 3.46. The van der Waals surface area contributed by atoms with Crippen molar-refractivity contribution in [1.29, 1.82) is 0 Å². The summed E-state index contributed by atoms with van der Waals surface area (Å²) in [5, 5.41) is 12.1. The van der Waals surface area contributed by atoms with E-state index in [2.05, 4.69) is 9.72 Å². The van der Waals surface area contributed by atoms with Crippen molar-refractivity contribution in [3.05, 3.63) is 38.4 Å². The summed E-state index contributed by atoms with van der Waals surface area (Å²) >= 11 is 0.889. The first-order valence-electron chi connectivity index (χ1n) is 8.75. The highest BCUT2D eigenvalue weighted by Crippen LogP contribution is 2.47. The third-order valence-electron chi connectivity index (χ3n) is 4.33. The third kappa shape index (κ3) is 3.61. The molecule has 1 aromatic carbocycles. The Bertz CT molecular complexity index is 1250. The van der Waals surface area contributed by atoms with Crippen LogP contribution in [-0.2, 0) is 14.2 Å². The minimum atomic E-state index is -0.866. The number of methoxy groups -OCH3 is 3. The number of benzene rings is 1. The van der Waals surface area contributed by atoms with E-state index in [1.165, 1.54) is 13.2 Å². The molecule has 0 N–H and O–H groups in total. The van der Waals surface area contributed by atoms with Crippen molar-refractivity contribution in [2.45, 2.75) is 6.92 Å². The second-order valence-corrected chi connectivity index (χ2v) is 7.03. The van der Waals surface area contributed by atoms with Gasteiger partial charge in [-0.2, -0.15) is 0 Å². The number of esters is 3. The van der Waals surface area contributed by atoms with E-state index < -0.39 is 28.5 Å². The minimum Gasteiger partial charge on any atom is -0.489 e. The Morgan fingerprint density at radius 3 is 2.32 bits per heavy atom. The Morgan fingerprint density at radius 1 is 1.10 bits per heavy atom. The van der Waals surface area contributed by atoms with Crippen molar-refractivity contribution in [3.8, 4) is 5.75 Å². The zero-order chi connectivity index (χ0) is 22.9. The predicted molar refractivity (Wildman–Crippen MR) is 109 cm³/mol. The van der Waals surface area contributed by atoms with Crippen LogP contribution in [0.25, 0.3) is 21.0 Å². The number of fused-ring (bicyclic) bond motifs is 3. The van der Waals surface area contributed by atoms with Crippen LogP contribution in [0.4, 0.5) is 5.69 Å². The van der Waals surface area contributed by atoms with Gasteiger partial charge in [0.25, 0.3) is 0 Å². The van der Waals surface area contributed by atoms with Gasteiger partial charge in [0.15, 0.2) is 0 Å². The van der Waals surface area contributed by atoms with Gasteiger partial charge in [0.05, 0.1) is 48.5 Å². The van der Waals surface area contributed by atoms with Crippen LogP contribution < -0.4 is 4.74 Å². The SMILES string of the molecule is CCOC(=O)c1cc2c([N+](=O)[O-])c(OC)c3nc(C(=O)OC)cc(C(=O)OC)c3c2s1. The second kappa shape index (κ2) is 8.52. The number of thiophene rings is 1. The molecular weight excluding hydrogens is 432 g/mol. The van der Waals surface area contributed by atoms with Gasteiger partial charge in [-0.25, -0.2) is 19.4 Å². The van der Waals surface area contributed by atoms with Gasteiger partial charge < -0.3 is 18.9 Å². The van der Waals surface area contributed by atoms with Crippen LogP contribution in [0.5, 0.6) is 5.75 Å². The van der Waals surface area contributed by atoms with Crippen LogP contribution in [0, 0.1) is 10.1 Å². The molecule has 0 aliphatic heterocycles.